The van der Waals surface area contributed by atoms with Crippen molar-refractivity contribution in [1.29, 1.82) is 0 Å². The van der Waals surface area contributed by atoms with E-state index in [-0.39, 0.29) is 0 Å². The Bertz CT molecular complexity index is 508. The van der Waals surface area contributed by atoms with E-state index < -0.39 is 5.69 Å². The standard InChI is InChI=1S/C9H7BrN4O/c10-6-1-3-7(4-2-6)12-8-5-11-14-9(15)13-8/h1-5H,(H2,12,13,14,15). The largest absolute Gasteiger partial charge is 0.363 e. The van der Waals surface area contributed by atoms with Crippen LogP contribution in [0.15, 0.2) is 39.7 Å². The van der Waals surface area contributed by atoms with Gasteiger partial charge in [0, 0.05) is 10.2 Å². The van der Waals surface area contributed by atoms with Gasteiger partial charge in [-0.05, 0) is 24.3 Å². The quantitative estimate of drug-likeness (QED) is 0.868. The molecule has 1 heterocycles. The molecule has 0 atom stereocenters. The number of benzene rings is 1. The zero-order valence-corrected chi connectivity index (χ0v) is 9.15. The van der Waals surface area contributed by atoms with Crippen LogP contribution in [-0.4, -0.2) is 15.2 Å². The lowest BCUT2D eigenvalue weighted by Crippen LogP contribution is -2.13. The smallest absolute Gasteiger partial charge is 0.339 e. The van der Waals surface area contributed by atoms with Crippen LogP contribution in [0.2, 0.25) is 0 Å². The molecule has 2 rings (SSSR count). The van der Waals surface area contributed by atoms with E-state index in [9.17, 15) is 4.79 Å². The molecule has 0 amide bonds. The van der Waals surface area contributed by atoms with Crippen LogP contribution in [0.3, 0.4) is 0 Å². The Balaban J connectivity index is 2.22. The van der Waals surface area contributed by atoms with Crippen molar-refractivity contribution in [2.75, 3.05) is 5.32 Å². The highest BCUT2D eigenvalue weighted by Gasteiger charge is 1.96. The highest BCUT2D eigenvalue weighted by Crippen LogP contribution is 2.16. The maximum atomic E-state index is 10.9. The molecule has 0 spiro atoms. The lowest BCUT2D eigenvalue weighted by molar-refractivity contribution is 0.918. The van der Waals surface area contributed by atoms with Crippen LogP contribution in [0.5, 0.6) is 0 Å². The fourth-order valence-corrected chi connectivity index (χ4v) is 1.32. The van der Waals surface area contributed by atoms with Crippen molar-refractivity contribution in [2.45, 2.75) is 0 Å². The van der Waals surface area contributed by atoms with E-state index in [1.54, 1.807) is 0 Å². The van der Waals surface area contributed by atoms with Crippen molar-refractivity contribution in [1.82, 2.24) is 15.2 Å². The zero-order valence-electron chi connectivity index (χ0n) is 7.57. The van der Waals surface area contributed by atoms with Crippen molar-refractivity contribution in [3.63, 3.8) is 0 Å². The fourth-order valence-electron chi connectivity index (χ4n) is 1.05. The summed E-state index contributed by atoms with van der Waals surface area (Å²) in [5.41, 5.74) is 0.371. The Labute approximate surface area is 93.7 Å². The summed E-state index contributed by atoms with van der Waals surface area (Å²) in [6.07, 6.45) is 1.45. The predicted molar refractivity (Wildman–Crippen MR) is 60.1 cm³/mol. The van der Waals surface area contributed by atoms with Crippen LogP contribution in [0.25, 0.3) is 0 Å². The molecule has 15 heavy (non-hydrogen) atoms. The number of aromatic amines is 1. The molecule has 0 aliphatic rings. The van der Waals surface area contributed by atoms with Crippen molar-refractivity contribution in [3.05, 3.63) is 45.4 Å². The normalized spacial score (nSPS) is 9.93. The van der Waals surface area contributed by atoms with Gasteiger partial charge >= 0.3 is 5.69 Å². The first-order chi connectivity index (χ1) is 7.24. The molecule has 0 fully saturated rings. The molecule has 6 heteroatoms. The summed E-state index contributed by atoms with van der Waals surface area (Å²) in [7, 11) is 0. The topological polar surface area (TPSA) is 70.7 Å². The molecule has 1 aromatic carbocycles. The first-order valence-corrected chi connectivity index (χ1v) is 4.98. The van der Waals surface area contributed by atoms with Crippen molar-refractivity contribution in [2.24, 2.45) is 0 Å². The monoisotopic (exact) mass is 266 g/mol. The number of anilines is 2. The van der Waals surface area contributed by atoms with Gasteiger partial charge in [-0.1, -0.05) is 15.9 Å². The number of nitrogens with one attached hydrogen (secondary N) is 2. The predicted octanol–water partition coefficient (Wildman–Crippen LogP) is 1.67. The third kappa shape index (κ3) is 2.63. The molecule has 0 aliphatic heterocycles. The number of hydrogen-bond donors (Lipinski definition) is 2. The second kappa shape index (κ2) is 4.22. The van der Waals surface area contributed by atoms with Crippen LogP contribution >= 0.6 is 15.9 Å². The molecule has 0 unspecified atom stereocenters. The van der Waals surface area contributed by atoms with Gasteiger partial charge < -0.3 is 5.32 Å². The van der Waals surface area contributed by atoms with Gasteiger partial charge in [0.15, 0.2) is 5.82 Å². The van der Waals surface area contributed by atoms with Crippen LogP contribution in [-0.2, 0) is 0 Å². The van der Waals surface area contributed by atoms with E-state index >= 15 is 0 Å². The van der Waals surface area contributed by atoms with Crippen LogP contribution in [0.1, 0.15) is 0 Å². The maximum Gasteiger partial charge on any atom is 0.363 e. The SMILES string of the molecule is O=c1nc(Nc2ccc(Br)cc2)cn[nH]1. The van der Waals surface area contributed by atoms with Gasteiger partial charge in [0.2, 0.25) is 0 Å². The minimum absolute atomic E-state index is 0.418. The lowest BCUT2D eigenvalue weighted by Gasteiger charge is -2.03. The highest BCUT2D eigenvalue weighted by molar-refractivity contribution is 9.10. The Morgan fingerprint density at radius 2 is 2.00 bits per heavy atom. The number of aromatic nitrogens is 3. The van der Waals surface area contributed by atoms with E-state index in [4.69, 9.17) is 0 Å². The minimum atomic E-state index is -0.475. The number of hydrogen-bond acceptors (Lipinski definition) is 4. The summed E-state index contributed by atoms with van der Waals surface area (Å²) >= 11 is 3.33. The van der Waals surface area contributed by atoms with Gasteiger partial charge in [0.05, 0.1) is 6.20 Å². The summed E-state index contributed by atoms with van der Waals surface area (Å²) in [4.78, 5) is 14.6. The van der Waals surface area contributed by atoms with Crippen molar-refractivity contribution < 1.29 is 0 Å². The average Bonchev–Trinajstić information content (AvgIpc) is 2.22. The molecular formula is C9H7BrN4O. The molecular weight excluding hydrogens is 260 g/mol. The highest BCUT2D eigenvalue weighted by atomic mass is 79.9. The molecule has 0 radical (unpaired) electrons. The van der Waals surface area contributed by atoms with E-state index in [0.717, 1.165) is 10.2 Å². The van der Waals surface area contributed by atoms with E-state index in [2.05, 4.69) is 36.4 Å². The third-order valence-corrected chi connectivity index (χ3v) is 2.21. The van der Waals surface area contributed by atoms with Gasteiger partial charge in [-0.15, -0.1) is 0 Å². The summed E-state index contributed by atoms with van der Waals surface area (Å²) in [6.45, 7) is 0. The molecule has 0 saturated carbocycles. The Morgan fingerprint density at radius 1 is 1.27 bits per heavy atom. The maximum absolute atomic E-state index is 10.9. The Morgan fingerprint density at radius 3 is 2.67 bits per heavy atom. The fraction of sp³-hybridized carbons (Fsp3) is 0. The Hall–Kier alpha value is -1.69. The second-order valence-electron chi connectivity index (χ2n) is 2.80. The third-order valence-electron chi connectivity index (χ3n) is 1.69. The van der Waals surface area contributed by atoms with Crippen molar-refractivity contribution >= 4 is 27.4 Å². The Kier molecular flexibility index (Phi) is 2.77. The molecule has 0 saturated heterocycles. The number of nitrogens with zero attached hydrogens (tertiary/aromatic N) is 2. The molecule has 2 N–H and O–H groups in total. The lowest BCUT2D eigenvalue weighted by atomic mass is 10.3. The van der Waals surface area contributed by atoms with Gasteiger partial charge in [-0.25, -0.2) is 9.89 Å². The zero-order chi connectivity index (χ0) is 10.7. The first-order valence-electron chi connectivity index (χ1n) is 4.18. The summed E-state index contributed by atoms with van der Waals surface area (Å²) in [5.74, 6) is 0.418. The number of halogens is 1. The molecule has 2 aromatic rings. The average molecular weight is 267 g/mol. The second-order valence-corrected chi connectivity index (χ2v) is 3.72. The van der Waals surface area contributed by atoms with Gasteiger partial charge in [-0.2, -0.15) is 10.1 Å². The van der Waals surface area contributed by atoms with Crippen LogP contribution in [0, 0.1) is 0 Å². The molecule has 5 nitrogen and oxygen atoms in total. The van der Waals surface area contributed by atoms with E-state index in [1.807, 2.05) is 24.3 Å². The molecule has 0 aliphatic carbocycles. The molecule has 0 bridgehead atoms. The van der Waals surface area contributed by atoms with E-state index in [0.29, 0.717) is 5.82 Å². The van der Waals surface area contributed by atoms with E-state index in [1.165, 1.54) is 6.20 Å². The van der Waals surface area contributed by atoms with Gasteiger partial charge in [-0.3, -0.25) is 0 Å². The molecule has 76 valence electrons. The minimum Gasteiger partial charge on any atom is -0.339 e. The number of rotatable bonds is 2. The summed E-state index contributed by atoms with van der Waals surface area (Å²) in [5, 5.41) is 8.79. The van der Waals surface area contributed by atoms with Crippen LogP contribution < -0.4 is 11.0 Å². The summed E-state index contributed by atoms with van der Waals surface area (Å²) in [6, 6.07) is 7.52. The van der Waals surface area contributed by atoms with Gasteiger partial charge in [0.1, 0.15) is 0 Å². The van der Waals surface area contributed by atoms with Gasteiger partial charge in [0.25, 0.3) is 0 Å². The number of H-pyrrole nitrogens is 1. The van der Waals surface area contributed by atoms with Crippen molar-refractivity contribution in [3.8, 4) is 0 Å². The first kappa shape index (κ1) is 9.85. The summed E-state index contributed by atoms with van der Waals surface area (Å²) < 4.78 is 0.991. The van der Waals surface area contributed by atoms with Crippen LogP contribution in [0.4, 0.5) is 11.5 Å². The molecule has 1 aromatic heterocycles.